The Bertz CT molecular complexity index is 228. The van der Waals surface area contributed by atoms with Gasteiger partial charge in [-0.25, -0.2) is 0 Å². The van der Waals surface area contributed by atoms with E-state index in [2.05, 4.69) is 25.7 Å². The van der Waals surface area contributed by atoms with E-state index in [9.17, 15) is 0 Å². The number of unbranched alkanes of at least 4 members (excludes halogenated alkanes) is 6. The molecule has 4 heteroatoms. The van der Waals surface area contributed by atoms with E-state index in [4.69, 9.17) is 10.2 Å². The van der Waals surface area contributed by atoms with Crippen molar-refractivity contribution in [2.45, 2.75) is 65.2 Å². The van der Waals surface area contributed by atoms with Crippen LogP contribution in [0.25, 0.3) is 0 Å². The minimum atomic E-state index is 0. The number of rotatable bonds is 8. The summed E-state index contributed by atoms with van der Waals surface area (Å²) in [5.41, 5.74) is 0. The summed E-state index contributed by atoms with van der Waals surface area (Å²) in [5.74, 6) is 5.48. The third-order valence-electron chi connectivity index (χ3n) is 2.36. The molecule has 0 bridgehead atoms. The van der Waals surface area contributed by atoms with Gasteiger partial charge in [0.1, 0.15) is 6.61 Å². The third-order valence-corrected chi connectivity index (χ3v) is 2.36. The Labute approximate surface area is 140 Å². The predicted octanol–water partition coefficient (Wildman–Crippen LogP) is 4.51. The van der Waals surface area contributed by atoms with Crippen molar-refractivity contribution in [1.29, 1.82) is 0 Å². The molecule has 0 amide bonds. The zero-order valence-corrected chi connectivity index (χ0v) is 14.9. The standard InChI is InChI=1S/C8H16O.C8H14O.Ni.HP.H2/c2*1-2-3-4-5-6-7-8-9;;;/h6-7,9H,2-5,8H2,1H3;9H,2-5,8H2,1H3;;2*1H/q;;;-2;/b7-6-;;;;. The van der Waals surface area contributed by atoms with Gasteiger partial charge in [-0.15, -0.1) is 5.92 Å². The van der Waals surface area contributed by atoms with Gasteiger partial charge in [-0.05, 0) is 19.3 Å². The van der Waals surface area contributed by atoms with Gasteiger partial charge in [0.05, 0.1) is 6.61 Å². The van der Waals surface area contributed by atoms with E-state index < -0.39 is 0 Å². The van der Waals surface area contributed by atoms with Gasteiger partial charge in [0.25, 0.3) is 0 Å². The molecule has 0 aromatic carbocycles. The van der Waals surface area contributed by atoms with Crippen molar-refractivity contribution in [2.24, 2.45) is 0 Å². The number of hydrogen-bond donors (Lipinski definition) is 2. The van der Waals surface area contributed by atoms with Crippen LogP contribution < -0.4 is 0 Å². The van der Waals surface area contributed by atoms with Crippen molar-refractivity contribution in [2.75, 3.05) is 13.2 Å². The molecular formula is C16H33NiO2P-2. The smallest absolute Gasteiger partial charge is 0.104 e. The van der Waals surface area contributed by atoms with E-state index in [1.807, 2.05) is 6.08 Å². The largest absolute Gasteiger partial charge is 1.51 e. The Morgan fingerprint density at radius 1 is 0.900 bits per heavy atom. The Hall–Kier alpha value is 0.144. The maximum atomic E-state index is 8.34. The maximum Gasteiger partial charge on any atom is 0.104 e. The van der Waals surface area contributed by atoms with Crippen molar-refractivity contribution >= 4 is 9.90 Å². The second-order valence-electron chi connectivity index (χ2n) is 4.12. The molecule has 0 spiro atoms. The fourth-order valence-electron chi connectivity index (χ4n) is 1.31. The Kier molecular flexibility index (Phi) is 44.6. The number of aliphatic hydroxyl groups excluding tert-OH is 2. The molecule has 0 aromatic heterocycles. The molecule has 0 saturated heterocycles. The summed E-state index contributed by atoms with van der Waals surface area (Å²) in [5, 5.41) is 16.6. The molecule has 0 radical (unpaired) electrons. The molecule has 0 aliphatic carbocycles. The molecule has 126 valence electrons. The molecule has 0 aliphatic rings. The van der Waals surface area contributed by atoms with Crippen molar-refractivity contribution < 1.29 is 28.1 Å². The fourth-order valence-corrected chi connectivity index (χ4v) is 1.31. The van der Waals surface area contributed by atoms with Crippen molar-refractivity contribution in [1.82, 2.24) is 0 Å². The van der Waals surface area contributed by atoms with Gasteiger partial charge in [-0.2, -0.15) is 0 Å². The van der Waals surface area contributed by atoms with Crippen LogP contribution in [0.2, 0.25) is 0 Å². The van der Waals surface area contributed by atoms with Gasteiger partial charge in [0.2, 0.25) is 0 Å². The molecule has 0 fully saturated rings. The summed E-state index contributed by atoms with van der Waals surface area (Å²) in [6.45, 7) is 4.55. The van der Waals surface area contributed by atoms with Crippen LogP contribution in [0.3, 0.4) is 0 Å². The third kappa shape index (κ3) is 36.2. The molecule has 0 heterocycles. The number of aliphatic hydroxyl groups is 2. The van der Waals surface area contributed by atoms with Crippen molar-refractivity contribution in [3.05, 3.63) is 12.2 Å². The van der Waals surface area contributed by atoms with Crippen LogP contribution >= 0.6 is 9.90 Å². The number of allylic oxidation sites excluding steroid dienone is 1. The average Bonchev–Trinajstić information content (AvgIpc) is 2.39. The second kappa shape index (κ2) is 31.5. The first-order chi connectivity index (χ1) is 8.83. The summed E-state index contributed by atoms with van der Waals surface area (Å²) in [7, 11) is 0. The van der Waals surface area contributed by atoms with Crippen LogP contribution in [0.5, 0.6) is 0 Å². The second-order valence-corrected chi connectivity index (χ2v) is 4.12. The first kappa shape index (κ1) is 28.3. The quantitative estimate of drug-likeness (QED) is 0.223. The molecule has 0 unspecified atom stereocenters. The van der Waals surface area contributed by atoms with Crippen LogP contribution in [0.1, 0.15) is 66.6 Å². The van der Waals surface area contributed by atoms with E-state index >= 15 is 0 Å². The van der Waals surface area contributed by atoms with Gasteiger partial charge in [0.15, 0.2) is 0 Å². The molecule has 2 nitrogen and oxygen atoms in total. The molecule has 0 saturated carbocycles. The molecule has 0 aromatic rings. The van der Waals surface area contributed by atoms with E-state index in [0.29, 0.717) is 0 Å². The first-order valence-electron chi connectivity index (χ1n) is 7.15. The molecule has 2 N–H and O–H groups in total. The summed E-state index contributed by atoms with van der Waals surface area (Å²) in [6.07, 6.45) is 13.4. The number of hydrogen-bond acceptors (Lipinski definition) is 2. The van der Waals surface area contributed by atoms with E-state index in [1.165, 1.54) is 38.5 Å². The van der Waals surface area contributed by atoms with Gasteiger partial charge < -0.3 is 20.1 Å². The SMILES string of the molecule is CCCCC/C=C\CO.CCCCCC#CCO.[HH].[Ni].[PH-2]. The molecule has 20 heavy (non-hydrogen) atoms. The van der Waals surface area contributed by atoms with Gasteiger partial charge in [-0.3, -0.25) is 0 Å². The van der Waals surface area contributed by atoms with Crippen molar-refractivity contribution in [3.63, 3.8) is 0 Å². The Morgan fingerprint density at radius 3 is 2.00 bits per heavy atom. The van der Waals surface area contributed by atoms with Gasteiger partial charge in [-0.1, -0.05) is 57.6 Å². The van der Waals surface area contributed by atoms with Gasteiger partial charge >= 0.3 is 0 Å². The van der Waals surface area contributed by atoms with Crippen LogP contribution in [0.4, 0.5) is 0 Å². The zero-order chi connectivity index (χ0) is 13.9. The van der Waals surface area contributed by atoms with E-state index in [-0.39, 0.29) is 41.0 Å². The maximum absolute atomic E-state index is 8.34. The summed E-state index contributed by atoms with van der Waals surface area (Å²) < 4.78 is 0. The zero-order valence-electron chi connectivity index (χ0n) is 12.9. The normalized spacial score (nSPS) is 8.60. The average molecular weight is 347 g/mol. The Balaban J connectivity index is -0.0000000711. The van der Waals surface area contributed by atoms with Crippen LogP contribution in [-0.2, 0) is 16.5 Å². The molecule has 0 aliphatic heterocycles. The van der Waals surface area contributed by atoms with E-state index in [0.717, 1.165) is 12.8 Å². The topological polar surface area (TPSA) is 40.5 Å². The predicted molar refractivity (Wildman–Crippen MR) is 89.8 cm³/mol. The first-order valence-corrected chi connectivity index (χ1v) is 7.15. The summed E-state index contributed by atoms with van der Waals surface area (Å²) >= 11 is 0. The summed E-state index contributed by atoms with van der Waals surface area (Å²) in [6, 6.07) is 0. The Morgan fingerprint density at radius 2 is 1.50 bits per heavy atom. The monoisotopic (exact) mass is 346 g/mol. The fraction of sp³-hybridized carbons (Fsp3) is 0.750. The minimum Gasteiger partial charge on any atom is -1.51 e. The molecule has 0 rings (SSSR count). The molecule has 0 atom stereocenters. The molecular weight excluding hydrogens is 314 g/mol. The summed E-state index contributed by atoms with van der Waals surface area (Å²) in [4.78, 5) is 0. The van der Waals surface area contributed by atoms with Crippen LogP contribution in [-0.4, -0.2) is 23.4 Å². The minimum absolute atomic E-state index is 0. The van der Waals surface area contributed by atoms with Gasteiger partial charge in [0, 0.05) is 24.3 Å². The van der Waals surface area contributed by atoms with E-state index in [1.54, 1.807) is 6.08 Å². The van der Waals surface area contributed by atoms with Crippen LogP contribution in [0.15, 0.2) is 12.2 Å². The van der Waals surface area contributed by atoms with Crippen LogP contribution in [0, 0.1) is 11.8 Å². The van der Waals surface area contributed by atoms with Crippen molar-refractivity contribution in [3.8, 4) is 11.8 Å².